The normalized spacial score (nSPS) is 11.6. The molecule has 12 nitrogen and oxygen atoms in total. The Morgan fingerprint density at radius 1 is 1.32 bits per heavy atom. The van der Waals surface area contributed by atoms with Crippen LogP contribution in [0, 0.1) is 6.92 Å². The molecule has 0 saturated heterocycles. The molecule has 0 spiro atoms. The zero-order valence-electron chi connectivity index (χ0n) is 15.8. The molecule has 12 heteroatoms. The Hall–Kier alpha value is -3.15. The summed E-state index contributed by atoms with van der Waals surface area (Å²) in [5, 5.41) is 9.06. The van der Waals surface area contributed by atoms with Crippen LogP contribution in [0.25, 0.3) is 0 Å². The summed E-state index contributed by atoms with van der Waals surface area (Å²) in [6, 6.07) is -0.448. The first-order valence-corrected chi connectivity index (χ1v) is 8.71. The fourth-order valence-electron chi connectivity index (χ4n) is 2.50. The molecule has 1 rings (SSSR count). The predicted molar refractivity (Wildman–Crippen MR) is 103 cm³/mol. The number of carbonyl (C=O) groups is 2. The van der Waals surface area contributed by atoms with Gasteiger partial charge in [-0.05, 0) is 19.8 Å². The molecular weight excluding hydrogens is 370 g/mol. The molecule has 1 aromatic heterocycles. The van der Waals surface area contributed by atoms with Gasteiger partial charge in [0.15, 0.2) is 5.96 Å². The number of carboxylic acid groups (broad SMARTS) is 1. The molecular formula is C16H27N7O5. The van der Waals surface area contributed by atoms with Crippen LogP contribution in [0.5, 0.6) is 0 Å². The van der Waals surface area contributed by atoms with E-state index in [4.69, 9.17) is 22.3 Å². The Morgan fingerprint density at radius 3 is 2.61 bits per heavy atom. The summed E-state index contributed by atoms with van der Waals surface area (Å²) in [5.74, 6) is -1.78. The molecule has 8 N–H and O–H groups in total. The first kappa shape index (κ1) is 22.9. The van der Waals surface area contributed by atoms with Gasteiger partial charge in [0.1, 0.15) is 13.1 Å². The number of nitrogens with one attached hydrogen (secondary N) is 1. The van der Waals surface area contributed by atoms with Gasteiger partial charge in [0.05, 0.1) is 0 Å². The lowest BCUT2D eigenvalue weighted by molar-refractivity contribution is -0.144. The van der Waals surface area contributed by atoms with Crippen molar-refractivity contribution < 1.29 is 14.7 Å². The van der Waals surface area contributed by atoms with Gasteiger partial charge in [-0.25, -0.2) is 4.79 Å². The van der Waals surface area contributed by atoms with Crippen LogP contribution in [0.4, 0.5) is 0 Å². The third kappa shape index (κ3) is 8.03. The number of aryl methyl sites for hydroxylation is 1. The molecule has 0 radical (unpaired) electrons. The van der Waals surface area contributed by atoms with E-state index in [9.17, 15) is 19.2 Å². The minimum atomic E-state index is -1.20. The van der Waals surface area contributed by atoms with Gasteiger partial charge >= 0.3 is 11.7 Å². The van der Waals surface area contributed by atoms with E-state index in [1.165, 1.54) is 13.1 Å². The van der Waals surface area contributed by atoms with Gasteiger partial charge in [-0.1, -0.05) is 6.42 Å². The molecule has 0 aliphatic rings. The summed E-state index contributed by atoms with van der Waals surface area (Å²) in [7, 11) is 0. The molecule has 1 aromatic rings. The molecule has 0 aromatic carbocycles. The number of aromatic amines is 1. The second kappa shape index (κ2) is 10.9. The largest absolute Gasteiger partial charge is 0.480 e. The average molecular weight is 397 g/mol. The van der Waals surface area contributed by atoms with E-state index < -0.39 is 42.3 Å². The highest BCUT2D eigenvalue weighted by molar-refractivity contribution is 5.81. The maximum absolute atomic E-state index is 12.5. The number of aromatic nitrogens is 2. The first-order valence-electron chi connectivity index (χ1n) is 8.71. The van der Waals surface area contributed by atoms with Crippen LogP contribution in [0.15, 0.2) is 20.8 Å². The molecule has 0 fully saturated rings. The second-order valence-corrected chi connectivity index (χ2v) is 6.43. The third-order valence-electron chi connectivity index (χ3n) is 3.91. The monoisotopic (exact) mass is 397 g/mol. The predicted octanol–water partition coefficient (Wildman–Crippen LogP) is -2.47. The highest BCUT2D eigenvalue weighted by Crippen LogP contribution is 2.03. The standard InChI is InChI=1S/C16H27N7O5/c1-10-6-23(16(28)21-14(10)27)8-12(24)22(9-13(25)26)7-11(17)4-2-3-5-20-15(18)19/h6,11H,2-5,7-9,17H2,1H3,(H,25,26)(H4,18,19,20)(H,21,27,28). The first-order chi connectivity index (χ1) is 13.1. The van der Waals surface area contributed by atoms with Crippen LogP contribution in [-0.4, -0.2) is 63.1 Å². The molecule has 0 aliphatic carbocycles. The highest BCUT2D eigenvalue weighted by atomic mass is 16.4. The molecule has 28 heavy (non-hydrogen) atoms. The SMILES string of the molecule is Cc1cn(CC(=O)N(CC(=O)O)CC(N)CCCCN=C(N)N)c(=O)[nH]c1=O. The van der Waals surface area contributed by atoms with Crippen LogP contribution < -0.4 is 28.5 Å². The fraction of sp³-hybridized carbons (Fsp3) is 0.562. The maximum atomic E-state index is 12.5. The molecule has 1 unspecified atom stereocenters. The van der Waals surface area contributed by atoms with Crippen molar-refractivity contribution in [2.75, 3.05) is 19.6 Å². The van der Waals surface area contributed by atoms with Crippen molar-refractivity contribution in [3.63, 3.8) is 0 Å². The number of aliphatic carboxylic acids is 1. The van der Waals surface area contributed by atoms with E-state index in [2.05, 4.69) is 9.98 Å². The van der Waals surface area contributed by atoms with Crippen molar-refractivity contribution in [3.8, 4) is 0 Å². The van der Waals surface area contributed by atoms with Crippen LogP contribution in [0.1, 0.15) is 24.8 Å². The van der Waals surface area contributed by atoms with E-state index in [-0.39, 0.29) is 18.1 Å². The topological polar surface area (TPSA) is 203 Å². The molecule has 156 valence electrons. The number of amides is 1. The lowest BCUT2D eigenvalue weighted by Gasteiger charge is -2.24. The number of rotatable bonds is 11. The average Bonchev–Trinajstić information content (AvgIpc) is 2.58. The zero-order valence-corrected chi connectivity index (χ0v) is 15.8. The summed E-state index contributed by atoms with van der Waals surface area (Å²) in [4.78, 5) is 53.8. The van der Waals surface area contributed by atoms with E-state index in [0.717, 1.165) is 9.47 Å². The summed E-state index contributed by atoms with van der Waals surface area (Å²) in [5.41, 5.74) is 15.4. The lowest BCUT2D eigenvalue weighted by atomic mass is 10.1. The maximum Gasteiger partial charge on any atom is 0.328 e. The molecule has 1 amide bonds. The van der Waals surface area contributed by atoms with Crippen LogP contribution in [0.3, 0.4) is 0 Å². The number of nitrogens with zero attached hydrogens (tertiary/aromatic N) is 3. The minimum Gasteiger partial charge on any atom is -0.480 e. The van der Waals surface area contributed by atoms with E-state index >= 15 is 0 Å². The number of hydrogen-bond acceptors (Lipinski definition) is 6. The second-order valence-electron chi connectivity index (χ2n) is 6.43. The molecule has 1 heterocycles. The molecule has 1 atom stereocenters. The zero-order chi connectivity index (χ0) is 21.3. The molecule has 0 aliphatic heterocycles. The highest BCUT2D eigenvalue weighted by Gasteiger charge is 2.20. The Bertz CT molecular complexity index is 825. The number of aliphatic imine (C=N–C) groups is 1. The summed E-state index contributed by atoms with van der Waals surface area (Å²) in [6.07, 6.45) is 3.19. The van der Waals surface area contributed by atoms with Gasteiger partial charge in [0.25, 0.3) is 5.56 Å². The van der Waals surface area contributed by atoms with Gasteiger partial charge in [-0.2, -0.15) is 0 Å². The van der Waals surface area contributed by atoms with Gasteiger partial charge in [0, 0.05) is 30.9 Å². The number of guanidine groups is 1. The Balaban J connectivity index is 2.71. The van der Waals surface area contributed by atoms with Crippen molar-refractivity contribution in [1.29, 1.82) is 0 Å². The number of nitrogens with two attached hydrogens (primary N) is 3. The van der Waals surface area contributed by atoms with Gasteiger partial charge in [-0.15, -0.1) is 0 Å². The van der Waals surface area contributed by atoms with Gasteiger partial charge < -0.3 is 27.2 Å². The Labute approximate surface area is 161 Å². The number of hydrogen-bond donors (Lipinski definition) is 5. The Kier molecular flexibility index (Phi) is 8.88. The molecule has 0 saturated carbocycles. The van der Waals surface area contributed by atoms with Crippen molar-refractivity contribution in [2.45, 2.75) is 38.8 Å². The third-order valence-corrected chi connectivity index (χ3v) is 3.91. The van der Waals surface area contributed by atoms with Crippen molar-refractivity contribution in [3.05, 3.63) is 32.6 Å². The van der Waals surface area contributed by atoms with E-state index in [1.54, 1.807) is 0 Å². The van der Waals surface area contributed by atoms with Crippen molar-refractivity contribution in [2.24, 2.45) is 22.2 Å². The number of carbonyl (C=O) groups excluding carboxylic acids is 1. The number of carboxylic acids is 1. The van der Waals surface area contributed by atoms with E-state index in [0.29, 0.717) is 25.8 Å². The van der Waals surface area contributed by atoms with Crippen LogP contribution in [-0.2, 0) is 16.1 Å². The lowest BCUT2D eigenvalue weighted by Crippen LogP contribution is -2.46. The van der Waals surface area contributed by atoms with Crippen molar-refractivity contribution >= 4 is 17.8 Å². The van der Waals surface area contributed by atoms with Gasteiger partial charge in [0.2, 0.25) is 5.91 Å². The minimum absolute atomic E-state index is 0.00950. The van der Waals surface area contributed by atoms with Crippen LogP contribution >= 0.6 is 0 Å². The van der Waals surface area contributed by atoms with Crippen LogP contribution in [0.2, 0.25) is 0 Å². The quantitative estimate of drug-likeness (QED) is 0.153. The number of unbranched alkanes of at least 4 members (excludes halogenated alkanes) is 1. The summed E-state index contributed by atoms with van der Waals surface area (Å²) < 4.78 is 1.02. The molecule has 0 bridgehead atoms. The Morgan fingerprint density at radius 2 is 2.00 bits per heavy atom. The van der Waals surface area contributed by atoms with Gasteiger partial charge in [-0.3, -0.25) is 28.9 Å². The fourth-order valence-corrected chi connectivity index (χ4v) is 2.50. The van der Waals surface area contributed by atoms with E-state index in [1.807, 2.05) is 0 Å². The smallest absolute Gasteiger partial charge is 0.328 e. The summed E-state index contributed by atoms with van der Waals surface area (Å²) >= 11 is 0. The van der Waals surface area contributed by atoms with Crippen molar-refractivity contribution in [1.82, 2.24) is 14.5 Å². The summed E-state index contributed by atoms with van der Waals surface area (Å²) in [6.45, 7) is 1.02. The number of H-pyrrole nitrogens is 1.